The van der Waals surface area contributed by atoms with Gasteiger partial charge in [-0.3, -0.25) is 0 Å². The van der Waals surface area contributed by atoms with E-state index in [1.165, 1.54) is 0 Å². The Balaban J connectivity index is 1.15. The molecule has 0 bridgehead atoms. The molecule has 398 valence electrons. The van der Waals surface area contributed by atoms with Gasteiger partial charge in [0.1, 0.15) is 61.0 Å². The summed E-state index contributed by atoms with van der Waals surface area (Å²) in [5.41, 5.74) is 17.1. The fraction of sp³-hybridized carbons (Fsp3) is 0.312. The first-order valence-corrected chi connectivity index (χ1v) is 26.3. The van der Waals surface area contributed by atoms with E-state index in [0.29, 0.717) is 6.61 Å². The van der Waals surface area contributed by atoms with Crippen LogP contribution in [0.4, 0.5) is 0 Å². The molecule has 2 fully saturated rings. The Morgan fingerprint density at radius 2 is 0.688 bits per heavy atom. The highest BCUT2D eigenvalue weighted by Gasteiger charge is 2.58. The molecule has 1 aliphatic heterocycles. The molecule has 7 aromatic carbocycles. The maximum atomic E-state index is 10.5. The molecule has 9 rings (SSSR count). The van der Waals surface area contributed by atoms with E-state index in [1.54, 1.807) is 6.08 Å². The predicted octanol–water partition coefficient (Wildman–Crippen LogP) is 12.1. The molecule has 77 heavy (non-hydrogen) atoms. The highest BCUT2D eigenvalue weighted by atomic mass is 16.7. The van der Waals surface area contributed by atoms with Gasteiger partial charge in [-0.25, -0.2) is 0 Å². The van der Waals surface area contributed by atoms with E-state index in [9.17, 15) is 5.53 Å². The maximum Gasteiger partial charge on any atom is 0.169 e. The minimum Gasteiger partial charge on any atom is -0.374 e. The van der Waals surface area contributed by atoms with Crippen molar-refractivity contribution in [3.05, 3.63) is 274 Å². The SMILES string of the molecule is C=CCO[C@H]1[C@@H](OCc2ccccc2)[C@H](OCc2ccccc2)[C@@H](OCc2ccccc2)[C@H](OCc2ccccc2)[C@@H]1O[C@H]1O[C@H](COCc2ccccc2)[C@@H](OCc2ccccc2)[C@H](OCc2ccccc2)[C@H]1N=[N+]=[N-]. The Bertz CT molecular complexity index is 2800. The smallest absolute Gasteiger partial charge is 0.169 e. The molecular weight excluding hydrogens is 971 g/mol. The number of hydrogen-bond donors (Lipinski definition) is 0. The molecule has 1 saturated carbocycles. The van der Waals surface area contributed by atoms with Gasteiger partial charge in [0.15, 0.2) is 6.29 Å². The lowest BCUT2D eigenvalue weighted by Crippen LogP contribution is -2.69. The second-order valence-electron chi connectivity index (χ2n) is 19.0. The third kappa shape index (κ3) is 15.9. The van der Waals surface area contributed by atoms with Crippen molar-refractivity contribution in [1.82, 2.24) is 0 Å². The van der Waals surface area contributed by atoms with Crippen molar-refractivity contribution in [2.75, 3.05) is 13.2 Å². The normalized spacial score (nSPS) is 24.1. The monoisotopic (exact) mass is 1040 g/mol. The van der Waals surface area contributed by atoms with Crippen LogP contribution in [0.15, 0.2) is 230 Å². The molecular formula is C64H67N3O10. The molecule has 1 heterocycles. The van der Waals surface area contributed by atoms with E-state index in [-0.39, 0.29) is 52.9 Å². The molecule has 0 N–H and O–H groups in total. The van der Waals surface area contributed by atoms with E-state index < -0.39 is 67.3 Å². The van der Waals surface area contributed by atoms with Gasteiger partial charge in [-0.2, -0.15) is 0 Å². The van der Waals surface area contributed by atoms with E-state index >= 15 is 0 Å². The summed E-state index contributed by atoms with van der Waals surface area (Å²) in [7, 11) is 0. The summed E-state index contributed by atoms with van der Waals surface area (Å²) in [6.07, 6.45) is -7.53. The number of rotatable bonds is 28. The van der Waals surface area contributed by atoms with Crippen LogP contribution in [0.2, 0.25) is 0 Å². The van der Waals surface area contributed by atoms with E-state index in [0.717, 1.165) is 38.9 Å². The molecule has 13 nitrogen and oxygen atoms in total. The van der Waals surface area contributed by atoms with Crippen molar-refractivity contribution in [2.45, 2.75) is 114 Å². The zero-order valence-electron chi connectivity index (χ0n) is 43.1. The number of azide groups is 1. The predicted molar refractivity (Wildman–Crippen MR) is 293 cm³/mol. The highest BCUT2D eigenvalue weighted by Crippen LogP contribution is 2.39. The summed E-state index contributed by atoms with van der Waals surface area (Å²) in [6, 6.07) is 68.3. The minimum atomic E-state index is -1.29. The largest absolute Gasteiger partial charge is 0.374 e. The third-order valence-electron chi connectivity index (χ3n) is 13.5. The van der Waals surface area contributed by atoms with Crippen LogP contribution in [-0.2, 0) is 93.6 Å². The molecule has 11 atom stereocenters. The summed E-state index contributed by atoms with van der Waals surface area (Å²) in [5.74, 6) is 0. The Hall–Kier alpha value is -6.81. The summed E-state index contributed by atoms with van der Waals surface area (Å²) < 4.78 is 70.3. The quantitative estimate of drug-likeness (QED) is 0.0201. The molecule has 0 amide bonds. The van der Waals surface area contributed by atoms with E-state index in [1.807, 2.05) is 212 Å². The van der Waals surface area contributed by atoms with Gasteiger partial charge in [0.2, 0.25) is 0 Å². The average Bonchev–Trinajstić information content (AvgIpc) is 3.53. The Kier molecular flexibility index (Phi) is 21.2. The lowest BCUT2D eigenvalue weighted by molar-refractivity contribution is -0.341. The molecule has 0 spiro atoms. The zero-order valence-corrected chi connectivity index (χ0v) is 43.1. The first-order valence-electron chi connectivity index (χ1n) is 26.3. The molecule has 0 aromatic heterocycles. The summed E-state index contributed by atoms with van der Waals surface area (Å²) in [6.45, 7) is 5.72. The van der Waals surface area contributed by atoms with Gasteiger partial charge in [-0.1, -0.05) is 224 Å². The van der Waals surface area contributed by atoms with Crippen molar-refractivity contribution >= 4 is 0 Å². The third-order valence-corrected chi connectivity index (χ3v) is 13.5. The van der Waals surface area contributed by atoms with Gasteiger partial charge in [-0.05, 0) is 44.5 Å². The summed E-state index contributed by atoms with van der Waals surface area (Å²) >= 11 is 0. The molecule has 0 radical (unpaired) electrons. The Morgan fingerprint density at radius 3 is 1.03 bits per heavy atom. The van der Waals surface area contributed by atoms with Crippen molar-refractivity contribution < 1.29 is 47.4 Å². The number of benzene rings is 7. The van der Waals surface area contributed by atoms with Crippen molar-refractivity contribution in [1.29, 1.82) is 0 Å². The first-order chi connectivity index (χ1) is 38.1. The van der Waals surface area contributed by atoms with Crippen LogP contribution in [-0.4, -0.2) is 80.5 Å². The lowest BCUT2D eigenvalue weighted by Gasteiger charge is -2.52. The minimum absolute atomic E-state index is 0.0679. The molecule has 13 heteroatoms. The molecule has 0 unspecified atom stereocenters. The maximum absolute atomic E-state index is 10.5. The first kappa shape index (κ1) is 55.0. The van der Waals surface area contributed by atoms with Crippen LogP contribution in [0.1, 0.15) is 38.9 Å². The van der Waals surface area contributed by atoms with Crippen molar-refractivity contribution in [3.8, 4) is 0 Å². The summed E-state index contributed by atoms with van der Waals surface area (Å²) in [4.78, 5) is 3.43. The van der Waals surface area contributed by atoms with Crippen LogP contribution < -0.4 is 0 Å². The Labute approximate surface area is 451 Å². The van der Waals surface area contributed by atoms with Crippen molar-refractivity contribution in [2.24, 2.45) is 5.11 Å². The van der Waals surface area contributed by atoms with Gasteiger partial charge in [0.25, 0.3) is 0 Å². The van der Waals surface area contributed by atoms with Gasteiger partial charge in [0.05, 0.1) is 59.5 Å². The van der Waals surface area contributed by atoms with Crippen LogP contribution in [0.3, 0.4) is 0 Å². The van der Waals surface area contributed by atoms with Crippen LogP contribution in [0.25, 0.3) is 10.4 Å². The van der Waals surface area contributed by atoms with E-state index in [4.69, 9.17) is 47.4 Å². The van der Waals surface area contributed by atoms with Crippen LogP contribution >= 0.6 is 0 Å². The number of nitrogens with zero attached hydrogens (tertiary/aromatic N) is 3. The molecule has 7 aromatic rings. The fourth-order valence-electron chi connectivity index (χ4n) is 9.74. The second-order valence-corrected chi connectivity index (χ2v) is 19.0. The molecule has 1 aliphatic carbocycles. The zero-order chi connectivity index (χ0) is 52.7. The number of ether oxygens (including phenoxy) is 10. The van der Waals surface area contributed by atoms with Gasteiger partial charge in [-0.15, -0.1) is 6.58 Å². The van der Waals surface area contributed by atoms with E-state index in [2.05, 4.69) is 16.6 Å². The van der Waals surface area contributed by atoms with Crippen molar-refractivity contribution in [3.63, 3.8) is 0 Å². The lowest BCUT2D eigenvalue weighted by atomic mass is 9.83. The molecule has 1 saturated heterocycles. The molecule has 2 aliphatic rings. The average molecular weight is 1040 g/mol. The fourth-order valence-corrected chi connectivity index (χ4v) is 9.74. The van der Waals surface area contributed by atoms with Crippen LogP contribution in [0.5, 0.6) is 0 Å². The van der Waals surface area contributed by atoms with Gasteiger partial charge >= 0.3 is 0 Å². The Morgan fingerprint density at radius 1 is 0.390 bits per heavy atom. The summed E-state index contributed by atoms with van der Waals surface area (Å²) in [5, 5.41) is 4.47. The highest BCUT2D eigenvalue weighted by molar-refractivity contribution is 5.20. The van der Waals surface area contributed by atoms with Gasteiger partial charge in [0, 0.05) is 4.91 Å². The topological polar surface area (TPSA) is 141 Å². The van der Waals surface area contributed by atoms with Crippen LogP contribution in [0, 0.1) is 0 Å². The second kappa shape index (κ2) is 29.6. The number of hydrogen-bond acceptors (Lipinski definition) is 11. The van der Waals surface area contributed by atoms with Gasteiger partial charge < -0.3 is 47.4 Å². The standard InChI is InChI=1S/C64H67N3O10/c1-2-38-69-61-59(73-43-51-32-18-7-19-33-51)58(72-42-50-30-16-6-17-31-50)60(74-44-52-34-20-8-21-35-52)62(75-45-53-36-22-9-23-37-53)63(61)77-64-55(66-67-65)57(71-41-49-28-14-5-15-29-49)56(70-40-48-26-12-4-13-27-48)54(76-64)46-68-39-47-24-10-3-11-25-47/h2-37,54-64H,1,38-46H2/t54-,55-,56-,57-,58+,59+,60-,61+,62+,63-,64-/m1/s1.